The van der Waals surface area contributed by atoms with E-state index in [-0.39, 0.29) is 24.5 Å². The molecule has 1 saturated carbocycles. The molecule has 1 amide bonds. The molecule has 3 rings (SSSR count). The molecule has 3 N–H and O–H groups in total. The first kappa shape index (κ1) is 28.7. The average Bonchev–Trinajstić information content (AvgIpc) is 3.17. The van der Waals surface area contributed by atoms with Crippen molar-refractivity contribution < 1.29 is 34.1 Å². The van der Waals surface area contributed by atoms with E-state index in [1.807, 2.05) is 19.1 Å². The van der Waals surface area contributed by atoms with Gasteiger partial charge in [-0.25, -0.2) is 9.59 Å². The molecule has 37 heavy (non-hydrogen) atoms. The second kappa shape index (κ2) is 14.2. The number of carbonyl (C=O) groups is 3. The molecule has 2 aliphatic rings. The van der Waals surface area contributed by atoms with Crippen molar-refractivity contribution in [2.45, 2.75) is 83.8 Å². The lowest BCUT2D eigenvalue weighted by Gasteiger charge is -2.32. The number of carbonyl (C=O) groups excluding carboxylic acids is 2. The van der Waals surface area contributed by atoms with Crippen LogP contribution in [0.15, 0.2) is 30.4 Å². The fraction of sp³-hybridized carbons (Fsp3) is 0.621. The van der Waals surface area contributed by atoms with Crippen LogP contribution in [-0.4, -0.2) is 53.4 Å². The van der Waals surface area contributed by atoms with Crippen molar-refractivity contribution in [3.8, 4) is 5.75 Å². The first-order valence-electron chi connectivity index (χ1n) is 13.6. The standard InChI is InChI=1S/C29H41NO7/c1-3-5-6-9-21(37-29(35)14-13-27(32)30-4-2)11-12-22-23-15-19-8-7-10-26(36-18-28(33)34)24(19)16-20(23)17-25(22)31/h7-8,10,13-14,20-23,25,31H,3-6,9,11-12,15-18H2,1-2H3,(H,30,32)(H,33,34)/b14-13+/t20-,21-,22+,23-,25+/m0/s1. The lowest BCUT2D eigenvalue weighted by Crippen LogP contribution is -2.28. The Bertz CT molecular complexity index is 960. The smallest absolute Gasteiger partial charge is 0.341 e. The van der Waals surface area contributed by atoms with Crippen LogP contribution in [0, 0.1) is 17.8 Å². The Hall–Kier alpha value is -2.87. The van der Waals surface area contributed by atoms with E-state index in [4.69, 9.17) is 14.6 Å². The minimum absolute atomic E-state index is 0.111. The van der Waals surface area contributed by atoms with E-state index in [1.54, 1.807) is 0 Å². The highest BCUT2D eigenvalue weighted by molar-refractivity contribution is 5.94. The molecule has 1 fully saturated rings. The second-order valence-corrected chi connectivity index (χ2v) is 10.2. The summed E-state index contributed by atoms with van der Waals surface area (Å²) in [5.74, 6) is -0.476. The van der Waals surface area contributed by atoms with Gasteiger partial charge in [0.25, 0.3) is 0 Å². The van der Waals surface area contributed by atoms with Crippen LogP contribution >= 0.6 is 0 Å². The van der Waals surface area contributed by atoms with Crippen molar-refractivity contribution in [2.75, 3.05) is 13.2 Å². The maximum absolute atomic E-state index is 12.4. The summed E-state index contributed by atoms with van der Waals surface area (Å²) in [7, 11) is 0. The van der Waals surface area contributed by atoms with Gasteiger partial charge in [0.05, 0.1) is 6.10 Å². The number of likely N-dealkylation sites (N-methyl/N-ethyl adjacent to an activating group) is 1. The molecule has 0 saturated heterocycles. The fourth-order valence-electron chi connectivity index (χ4n) is 5.92. The van der Waals surface area contributed by atoms with E-state index in [2.05, 4.69) is 18.3 Å². The van der Waals surface area contributed by atoms with Crippen molar-refractivity contribution in [3.05, 3.63) is 41.5 Å². The van der Waals surface area contributed by atoms with E-state index in [9.17, 15) is 19.5 Å². The molecule has 0 radical (unpaired) electrons. The van der Waals surface area contributed by atoms with Crippen LogP contribution in [0.4, 0.5) is 0 Å². The highest BCUT2D eigenvalue weighted by Gasteiger charge is 2.45. The third-order valence-electron chi connectivity index (χ3n) is 7.65. The molecule has 5 atom stereocenters. The molecule has 2 aliphatic carbocycles. The minimum atomic E-state index is -1.00. The van der Waals surface area contributed by atoms with Crippen LogP contribution in [0.2, 0.25) is 0 Å². The Morgan fingerprint density at radius 2 is 1.95 bits per heavy atom. The number of aliphatic carboxylic acids is 1. The molecule has 1 aromatic rings. The molecule has 1 aromatic carbocycles. The number of benzene rings is 1. The van der Waals surface area contributed by atoms with Gasteiger partial charge in [-0.15, -0.1) is 0 Å². The van der Waals surface area contributed by atoms with E-state index in [1.165, 1.54) is 12.2 Å². The Balaban J connectivity index is 1.63. The quantitative estimate of drug-likeness (QED) is 0.196. The predicted molar refractivity (Wildman–Crippen MR) is 139 cm³/mol. The third-order valence-corrected chi connectivity index (χ3v) is 7.65. The van der Waals surface area contributed by atoms with E-state index < -0.39 is 18.0 Å². The zero-order valence-electron chi connectivity index (χ0n) is 22.0. The van der Waals surface area contributed by atoms with E-state index in [0.717, 1.165) is 56.1 Å². The van der Waals surface area contributed by atoms with Gasteiger partial charge in [0.2, 0.25) is 5.91 Å². The van der Waals surface area contributed by atoms with Crippen molar-refractivity contribution in [2.24, 2.45) is 17.8 Å². The van der Waals surface area contributed by atoms with Gasteiger partial charge in [0.1, 0.15) is 11.9 Å². The highest BCUT2D eigenvalue weighted by Crippen LogP contribution is 2.48. The van der Waals surface area contributed by atoms with Crippen LogP contribution < -0.4 is 10.1 Å². The van der Waals surface area contributed by atoms with Crippen LogP contribution in [-0.2, 0) is 32.0 Å². The molecule has 0 spiro atoms. The summed E-state index contributed by atoms with van der Waals surface area (Å²) < 4.78 is 11.3. The summed E-state index contributed by atoms with van der Waals surface area (Å²) in [4.78, 5) is 35.0. The Morgan fingerprint density at radius 1 is 1.14 bits per heavy atom. The number of ether oxygens (including phenoxy) is 2. The van der Waals surface area contributed by atoms with Crippen LogP contribution in [0.3, 0.4) is 0 Å². The number of esters is 1. The number of unbranched alkanes of at least 4 members (excludes halogenated alkanes) is 2. The number of aliphatic hydroxyl groups is 1. The van der Waals surface area contributed by atoms with Crippen LogP contribution in [0.5, 0.6) is 5.75 Å². The summed E-state index contributed by atoms with van der Waals surface area (Å²) in [6.07, 6.45) is 9.29. The molecule has 8 nitrogen and oxygen atoms in total. The summed E-state index contributed by atoms with van der Waals surface area (Å²) in [6.45, 7) is 4.06. The molecule has 0 aliphatic heterocycles. The van der Waals surface area contributed by atoms with Gasteiger partial charge >= 0.3 is 11.9 Å². The number of nitrogens with one attached hydrogen (secondary N) is 1. The van der Waals surface area contributed by atoms with Crippen LogP contribution in [0.25, 0.3) is 0 Å². The largest absolute Gasteiger partial charge is 0.482 e. The van der Waals surface area contributed by atoms with Gasteiger partial charge < -0.3 is 25.0 Å². The maximum atomic E-state index is 12.4. The summed E-state index contributed by atoms with van der Waals surface area (Å²) in [6, 6.07) is 5.78. The predicted octanol–water partition coefficient (Wildman–Crippen LogP) is 3.83. The summed E-state index contributed by atoms with van der Waals surface area (Å²) in [5.41, 5.74) is 2.22. The number of carboxylic acid groups (broad SMARTS) is 1. The second-order valence-electron chi connectivity index (χ2n) is 10.2. The number of carboxylic acids is 1. The molecule has 0 unspecified atom stereocenters. The Labute approximate surface area is 219 Å². The van der Waals surface area contributed by atoms with Gasteiger partial charge in [0, 0.05) is 18.7 Å². The summed E-state index contributed by atoms with van der Waals surface area (Å²) in [5, 5.41) is 22.6. The van der Waals surface area contributed by atoms with E-state index >= 15 is 0 Å². The molecule has 204 valence electrons. The maximum Gasteiger partial charge on any atom is 0.341 e. The topological polar surface area (TPSA) is 122 Å². The van der Waals surface area contributed by atoms with Gasteiger partial charge in [-0.1, -0.05) is 31.9 Å². The van der Waals surface area contributed by atoms with Gasteiger partial charge in [-0.05, 0) is 86.8 Å². The Kier molecular flexibility index (Phi) is 11.0. The number of fused-ring (bicyclic) bond motifs is 2. The van der Waals surface area contributed by atoms with Crippen molar-refractivity contribution in [1.82, 2.24) is 5.32 Å². The first-order chi connectivity index (χ1) is 17.8. The van der Waals surface area contributed by atoms with Gasteiger partial charge in [-0.2, -0.15) is 0 Å². The van der Waals surface area contributed by atoms with Crippen molar-refractivity contribution >= 4 is 17.8 Å². The van der Waals surface area contributed by atoms with E-state index in [0.29, 0.717) is 37.0 Å². The summed E-state index contributed by atoms with van der Waals surface area (Å²) >= 11 is 0. The molecular formula is C29H41NO7. The van der Waals surface area contributed by atoms with Gasteiger partial charge in [0.15, 0.2) is 6.61 Å². The van der Waals surface area contributed by atoms with Crippen molar-refractivity contribution in [1.29, 1.82) is 0 Å². The van der Waals surface area contributed by atoms with Crippen molar-refractivity contribution in [3.63, 3.8) is 0 Å². The number of hydrogen-bond donors (Lipinski definition) is 3. The number of rotatable bonds is 14. The number of aliphatic hydroxyl groups excluding tert-OH is 1. The fourth-order valence-corrected chi connectivity index (χ4v) is 5.92. The molecule has 8 heteroatoms. The zero-order valence-corrected chi connectivity index (χ0v) is 22.0. The lowest BCUT2D eigenvalue weighted by molar-refractivity contribution is -0.144. The minimum Gasteiger partial charge on any atom is -0.482 e. The van der Waals surface area contributed by atoms with Gasteiger partial charge in [-0.3, -0.25) is 4.79 Å². The monoisotopic (exact) mass is 515 g/mol. The lowest BCUT2D eigenvalue weighted by atomic mass is 9.73. The Morgan fingerprint density at radius 3 is 2.68 bits per heavy atom. The first-order valence-corrected chi connectivity index (χ1v) is 13.6. The number of amides is 1. The molecule has 0 heterocycles. The molecule has 0 bridgehead atoms. The SMILES string of the molecule is CCCCC[C@@H](CC[C@@H]1[C@H]2Cc3cccc(OCC(=O)O)c3C[C@H]2C[C@H]1O)OC(=O)/C=C/C(=O)NCC. The third kappa shape index (κ3) is 8.32. The molecule has 0 aromatic heterocycles. The average molecular weight is 516 g/mol. The highest BCUT2D eigenvalue weighted by atomic mass is 16.5. The molecular weight excluding hydrogens is 474 g/mol. The normalized spacial score (nSPS) is 23.2. The van der Waals surface area contributed by atoms with Crippen LogP contribution in [0.1, 0.15) is 69.9 Å². The number of hydrogen-bond acceptors (Lipinski definition) is 6. The zero-order chi connectivity index (χ0) is 26.8.